The van der Waals surface area contributed by atoms with Crippen LogP contribution in [0.4, 0.5) is 0 Å². The monoisotopic (exact) mass is 181 g/mol. The Bertz CT molecular complexity index is 256. The summed E-state index contributed by atoms with van der Waals surface area (Å²) < 4.78 is 0. The van der Waals surface area contributed by atoms with Crippen molar-refractivity contribution in [2.24, 2.45) is 22.9 Å². The number of oxime groups is 1. The fraction of sp³-hybridized carbons (Fsp3) is 0.900. The maximum Gasteiger partial charge on any atom is 0.0663 e. The van der Waals surface area contributed by atoms with Gasteiger partial charge in [-0.05, 0) is 38.0 Å². The first-order valence-corrected chi connectivity index (χ1v) is 5.14. The molecular formula is C10H15NO2. The van der Waals surface area contributed by atoms with Crippen LogP contribution < -0.4 is 0 Å². The van der Waals surface area contributed by atoms with Gasteiger partial charge >= 0.3 is 0 Å². The zero-order valence-electron chi connectivity index (χ0n) is 7.61. The first-order chi connectivity index (χ1) is 6.20. The highest BCUT2D eigenvalue weighted by Gasteiger charge is 2.53. The topological polar surface area (TPSA) is 52.8 Å². The van der Waals surface area contributed by atoms with Gasteiger partial charge in [0.25, 0.3) is 0 Å². The Labute approximate surface area is 77.4 Å². The standard InChI is InChI=1S/C10H15NO2/c12-10-3-6-1-7(4-10)9(11-13)8(2-6)5-10/h6-8,12-13H,1-5H2. The largest absolute Gasteiger partial charge is 0.411 e. The SMILES string of the molecule is ON=C1C2CC3CC1CC(O)(C3)C2. The average Bonchev–Trinajstić information content (AvgIpc) is 2.00. The van der Waals surface area contributed by atoms with Gasteiger partial charge in [0.2, 0.25) is 0 Å². The summed E-state index contributed by atoms with van der Waals surface area (Å²) in [6.45, 7) is 0. The lowest BCUT2D eigenvalue weighted by atomic mass is 9.53. The second-order valence-corrected chi connectivity index (χ2v) is 5.09. The van der Waals surface area contributed by atoms with Crippen LogP contribution in [-0.2, 0) is 0 Å². The normalized spacial score (nSPS) is 52.7. The van der Waals surface area contributed by atoms with E-state index < -0.39 is 5.60 Å². The second kappa shape index (κ2) is 2.27. The fourth-order valence-electron chi connectivity index (χ4n) is 3.89. The summed E-state index contributed by atoms with van der Waals surface area (Å²) in [7, 11) is 0. The van der Waals surface area contributed by atoms with Crippen LogP contribution in [0.5, 0.6) is 0 Å². The lowest BCUT2D eigenvalue weighted by Crippen LogP contribution is -2.55. The molecule has 4 aliphatic rings. The van der Waals surface area contributed by atoms with Crippen LogP contribution in [0.2, 0.25) is 0 Å². The van der Waals surface area contributed by atoms with E-state index in [0.29, 0.717) is 17.8 Å². The molecule has 2 unspecified atom stereocenters. The van der Waals surface area contributed by atoms with Crippen molar-refractivity contribution in [1.29, 1.82) is 0 Å². The Balaban J connectivity index is 1.98. The van der Waals surface area contributed by atoms with Crippen LogP contribution in [0.25, 0.3) is 0 Å². The minimum absolute atomic E-state index is 0.376. The van der Waals surface area contributed by atoms with Gasteiger partial charge in [-0.2, -0.15) is 0 Å². The van der Waals surface area contributed by atoms with Crippen molar-refractivity contribution in [3.8, 4) is 0 Å². The molecular weight excluding hydrogens is 166 g/mol. The zero-order chi connectivity index (χ0) is 9.05. The van der Waals surface area contributed by atoms with E-state index in [1.54, 1.807) is 0 Å². The first-order valence-electron chi connectivity index (χ1n) is 5.14. The van der Waals surface area contributed by atoms with Crippen molar-refractivity contribution >= 4 is 5.71 Å². The van der Waals surface area contributed by atoms with E-state index in [9.17, 15) is 5.11 Å². The summed E-state index contributed by atoms with van der Waals surface area (Å²) in [6.07, 6.45) is 4.92. The third-order valence-corrected chi connectivity index (χ3v) is 4.11. The predicted molar refractivity (Wildman–Crippen MR) is 47.7 cm³/mol. The summed E-state index contributed by atoms with van der Waals surface area (Å²) >= 11 is 0. The van der Waals surface area contributed by atoms with Gasteiger partial charge in [-0.3, -0.25) is 0 Å². The predicted octanol–water partition coefficient (Wildman–Crippen LogP) is 1.39. The Morgan fingerprint density at radius 3 is 2.23 bits per heavy atom. The van der Waals surface area contributed by atoms with E-state index in [0.717, 1.165) is 37.8 Å². The van der Waals surface area contributed by atoms with E-state index in [-0.39, 0.29) is 0 Å². The maximum atomic E-state index is 10.2. The molecule has 0 spiro atoms. The molecule has 3 nitrogen and oxygen atoms in total. The molecule has 72 valence electrons. The molecule has 0 aromatic heterocycles. The summed E-state index contributed by atoms with van der Waals surface area (Å²) in [5, 5.41) is 22.5. The molecule has 3 heteroatoms. The van der Waals surface area contributed by atoms with E-state index in [1.165, 1.54) is 0 Å². The van der Waals surface area contributed by atoms with Crippen LogP contribution in [0.3, 0.4) is 0 Å². The van der Waals surface area contributed by atoms with Gasteiger partial charge in [-0.1, -0.05) is 5.16 Å². The molecule has 0 aliphatic heterocycles. The second-order valence-electron chi connectivity index (χ2n) is 5.09. The van der Waals surface area contributed by atoms with Crippen molar-refractivity contribution in [3.63, 3.8) is 0 Å². The fourth-order valence-corrected chi connectivity index (χ4v) is 3.89. The summed E-state index contributed by atoms with van der Waals surface area (Å²) in [4.78, 5) is 0. The Morgan fingerprint density at radius 1 is 1.15 bits per heavy atom. The van der Waals surface area contributed by atoms with Crippen LogP contribution in [0, 0.1) is 17.8 Å². The minimum atomic E-state index is -0.412. The lowest BCUT2D eigenvalue weighted by molar-refractivity contribution is -0.0834. The van der Waals surface area contributed by atoms with Gasteiger partial charge < -0.3 is 10.3 Å². The third-order valence-electron chi connectivity index (χ3n) is 4.11. The Hall–Kier alpha value is -0.570. The van der Waals surface area contributed by atoms with Crippen molar-refractivity contribution < 1.29 is 10.3 Å². The molecule has 4 saturated carbocycles. The molecule has 13 heavy (non-hydrogen) atoms. The van der Waals surface area contributed by atoms with Crippen LogP contribution in [0.1, 0.15) is 32.1 Å². The van der Waals surface area contributed by atoms with Crippen LogP contribution in [-0.4, -0.2) is 21.6 Å². The Kier molecular flexibility index (Phi) is 1.36. The van der Waals surface area contributed by atoms with E-state index >= 15 is 0 Å². The summed E-state index contributed by atoms with van der Waals surface area (Å²) in [5.74, 6) is 1.44. The van der Waals surface area contributed by atoms with Crippen molar-refractivity contribution in [1.82, 2.24) is 0 Å². The molecule has 0 radical (unpaired) electrons. The van der Waals surface area contributed by atoms with Crippen molar-refractivity contribution in [3.05, 3.63) is 0 Å². The van der Waals surface area contributed by atoms with Crippen molar-refractivity contribution in [2.75, 3.05) is 0 Å². The highest BCUT2D eigenvalue weighted by atomic mass is 16.4. The van der Waals surface area contributed by atoms with Gasteiger partial charge in [0.05, 0.1) is 11.3 Å². The lowest BCUT2D eigenvalue weighted by Gasteiger charge is -2.54. The van der Waals surface area contributed by atoms with Crippen LogP contribution in [0.15, 0.2) is 5.16 Å². The number of nitrogens with zero attached hydrogens (tertiary/aromatic N) is 1. The number of hydrogen-bond donors (Lipinski definition) is 2. The molecule has 2 N–H and O–H groups in total. The molecule has 0 aromatic rings. The molecule has 4 fully saturated rings. The number of rotatable bonds is 0. The molecule has 4 bridgehead atoms. The van der Waals surface area contributed by atoms with Gasteiger partial charge in [-0.25, -0.2) is 0 Å². The van der Waals surface area contributed by atoms with Crippen LogP contribution >= 0.6 is 0 Å². The van der Waals surface area contributed by atoms with E-state index in [1.807, 2.05) is 0 Å². The Morgan fingerprint density at radius 2 is 1.77 bits per heavy atom. The van der Waals surface area contributed by atoms with E-state index in [4.69, 9.17) is 5.21 Å². The van der Waals surface area contributed by atoms with Gasteiger partial charge in [0, 0.05) is 11.8 Å². The average molecular weight is 181 g/mol. The molecule has 0 amide bonds. The first kappa shape index (κ1) is 7.80. The molecule has 0 aromatic carbocycles. The third kappa shape index (κ3) is 0.966. The number of hydrogen-bond acceptors (Lipinski definition) is 3. The number of aliphatic hydroxyl groups is 1. The molecule has 4 rings (SSSR count). The van der Waals surface area contributed by atoms with Gasteiger partial charge in [0.1, 0.15) is 0 Å². The van der Waals surface area contributed by atoms with Gasteiger partial charge in [-0.15, -0.1) is 0 Å². The molecule has 0 heterocycles. The quantitative estimate of drug-likeness (QED) is 0.438. The highest BCUT2D eigenvalue weighted by Crippen LogP contribution is 2.54. The molecule has 2 atom stereocenters. The maximum absolute atomic E-state index is 10.2. The minimum Gasteiger partial charge on any atom is -0.411 e. The van der Waals surface area contributed by atoms with Crippen molar-refractivity contribution in [2.45, 2.75) is 37.7 Å². The summed E-state index contributed by atoms with van der Waals surface area (Å²) in [6, 6.07) is 0. The smallest absolute Gasteiger partial charge is 0.0663 e. The molecule has 0 saturated heterocycles. The highest BCUT2D eigenvalue weighted by molar-refractivity contribution is 5.90. The summed E-state index contributed by atoms with van der Waals surface area (Å²) in [5.41, 5.74) is 0.561. The van der Waals surface area contributed by atoms with E-state index in [2.05, 4.69) is 5.16 Å². The van der Waals surface area contributed by atoms with Gasteiger partial charge in [0.15, 0.2) is 0 Å². The molecule has 4 aliphatic carbocycles. The zero-order valence-corrected chi connectivity index (χ0v) is 7.61.